The Morgan fingerprint density at radius 3 is 2.56 bits per heavy atom. The van der Waals surface area contributed by atoms with Crippen LogP contribution in [0.1, 0.15) is 37.6 Å². The Kier molecular flexibility index (Phi) is 6.56. The Morgan fingerprint density at radius 1 is 1.14 bits per heavy atom. The van der Waals surface area contributed by atoms with E-state index in [2.05, 4.69) is 22.5 Å². The van der Waals surface area contributed by atoms with Gasteiger partial charge in [-0.25, -0.2) is 9.97 Å². The van der Waals surface area contributed by atoms with E-state index in [-0.39, 0.29) is 18.4 Å². The van der Waals surface area contributed by atoms with Gasteiger partial charge < -0.3 is 25.7 Å². The molecule has 5 rings (SSSR count). The molecule has 0 aliphatic heterocycles. The first-order valence-corrected chi connectivity index (χ1v) is 13.2. The van der Waals surface area contributed by atoms with E-state index in [1.54, 1.807) is 20.3 Å². The normalized spacial score (nSPS) is 24.6. The second kappa shape index (κ2) is 9.53. The summed E-state index contributed by atoms with van der Waals surface area (Å²) in [4.78, 5) is 32.8. The van der Waals surface area contributed by atoms with Crippen LogP contribution in [0.15, 0.2) is 12.3 Å². The zero-order chi connectivity index (χ0) is 25.7. The van der Waals surface area contributed by atoms with E-state index in [4.69, 9.17) is 15.0 Å². The largest absolute Gasteiger partial charge is 0.390 e. The maximum absolute atomic E-state index is 12.6. The summed E-state index contributed by atoms with van der Waals surface area (Å²) in [6.45, 7) is 5.98. The molecule has 5 atom stereocenters. The SMILES string of the molecule is Cc1nc(N[C@H](C)C2CC2)nc(N[C@@H]2C[C@H](C(=O)N(C)C)[C@@H](O)[C@H]2O)c1-c1nc2c(C)nccc2s1. The number of carbonyl (C=O) groups excluding carboxylic acids is 1. The smallest absolute Gasteiger partial charge is 0.227 e. The number of nitrogens with zero attached hydrogens (tertiary/aromatic N) is 5. The third-order valence-electron chi connectivity index (χ3n) is 7.24. The first kappa shape index (κ1) is 24.8. The van der Waals surface area contributed by atoms with Gasteiger partial charge in [0.15, 0.2) is 0 Å². The first-order valence-electron chi connectivity index (χ1n) is 12.4. The molecule has 2 fully saturated rings. The van der Waals surface area contributed by atoms with Gasteiger partial charge in [0, 0.05) is 26.3 Å². The van der Waals surface area contributed by atoms with Gasteiger partial charge in [0.1, 0.15) is 22.4 Å². The lowest BCUT2D eigenvalue weighted by atomic mass is 10.0. The van der Waals surface area contributed by atoms with Gasteiger partial charge in [-0.15, -0.1) is 11.3 Å². The number of amides is 1. The molecular formula is C25H33N7O3S. The Labute approximate surface area is 214 Å². The number of aliphatic hydroxyl groups excluding tert-OH is 2. The van der Waals surface area contributed by atoms with Crippen LogP contribution < -0.4 is 10.6 Å². The fourth-order valence-electron chi connectivity index (χ4n) is 4.93. The number of nitrogens with one attached hydrogen (secondary N) is 2. The summed E-state index contributed by atoms with van der Waals surface area (Å²) in [5.74, 6) is 0.745. The number of thiazole rings is 1. The van der Waals surface area contributed by atoms with Gasteiger partial charge in [-0.2, -0.15) is 4.98 Å². The Morgan fingerprint density at radius 2 is 1.89 bits per heavy atom. The van der Waals surface area contributed by atoms with Crippen molar-refractivity contribution in [2.75, 3.05) is 24.7 Å². The second-order valence-electron chi connectivity index (χ2n) is 10.2. The van der Waals surface area contributed by atoms with Gasteiger partial charge in [-0.3, -0.25) is 9.78 Å². The molecule has 11 heteroatoms. The van der Waals surface area contributed by atoms with Crippen molar-refractivity contribution in [1.82, 2.24) is 24.8 Å². The molecule has 2 aliphatic rings. The minimum atomic E-state index is -1.16. The van der Waals surface area contributed by atoms with Crippen molar-refractivity contribution in [3.8, 4) is 10.6 Å². The number of aromatic nitrogens is 4. The van der Waals surface area contributed by atoms with Gasteiger partial charge in [0.05, 0.1) is 39.7 Å². The Hall–Kier alpha value is -2.89. The number of fused-ring (bicyclic) bond motifs is 1. The number of pyridine rings is 1. The minimum absolute atomic E-state index is 0.209. The van der Waals surface area contributed by atoms with Crippen LogP contribution in [0.25, 0.3) is 20.8 Å². The number of aliphatic hydroxyl groups is 2. The molecular weight excluding hydrogens is 478 g/mol. The van der Waals surface area contributed by atoms with Crippen molar-refractivity contribution in [2.24, 2.45) is 11.8 Å². The lowest BCUT2D eigenvalue weighted by Gasteiger charge is -2.22. The predicted octanol–water partition coefficient (Wildman–Crippen LogP) is 2.59. The fraction of sp³-hybridized carbons (Fsp3) is 0.560. The van der Waals surface area contributed by atoms with Crippen LogP contribution in [0, 0.1) is 25.7 Å². The molecule has 10 nitrogen and oxygen atoms in total. The zero-order valence-corrected chi connectivity index (χ0v) is 22.0. The van der Waals surface area contributed by atoms with Crippen molar-refractivity contribution in [2.45, 2.75) is 64.3 Å². The van der Waals surface area contributed by atoms with Gasteiger partial charge in [0.25, 0.3) is 0 Å². The third kappa shape index (κ3) is 4.62. The molecule has 3 aromatic heterocycles. The van der Waals surface area contributed by atoms with Gasteiger partial charge in [-0.1, -0.05) is 0 Å². The molecule has 0 bridgehead atoms. The predicted molar refractivity (Wildman–Crippen MR) is 140 cm³/mol. The van der Waals surface area contributed by atoms with E-state index in [0.29, 0.717) is 17.7 Å². The van der Waals surface area contributed by atoms with Crippen LogP contribution in [-0.2, 0) is 4.79 Å². The number of carbonyl (C=O) groups is 1. The highest BCUT2D eigenvalue weighted by molar-refractivity contribution is 7.21. The number of anilines is 2. The molecule has 0 radical (unpaired) electrons. The maximum Gasteiger partial charge on any atom is 0.227 e. The number of aryl methyl sites for hydroxylation is 2. The van der Waals surface area contributed by atoms with Crippen molar-refractivity contribution in [1.29, 1.82) is 0 Å². The third-order valence-corrected chi connectivity index (χ3v) is 8.28. The lowest BCUT2D eigenvalue weighted by Crippen LogP contribution is -2.38. The molecule has 0 saturated heterocycles. The van der Waals surface area contributed by atoms with Crippen molar-refractivity contribution in [3.63, 3.8) is 0 Å². The van der Waals surface area contributed by atoms with Crippen molar-refractivity contribution in [3.05, 3.63) is 23.7 Å². The Balaban J connectivity index is 1.53. The van der Waals surface area contributed by atoms with Crippen LogP contribution >= 0.6 is 11.3 Å². The van der Waals surface area contributed by atoms with Crippen molar-refractivity contribution < 1.29 is 15.0 Å². The molecule has 0 aromatic carbocycles. The van der Waals surface area contributed by atoms with Crippen molar-refractivity contribution >= 4 is 39.2 Å². The van der Waals surface area contributed by atoms with E-state index in [1.807, 2.05) is 19.9 Å². The molecule has 3 aromatic rings. The van der Waals surface area contributed by atoms with Gasteiger partial charge >= 0.3 is 0 Å². The maximum atomic E-state index is 12.6. The highest BCUT2D eigenvalue weighted by Crippen LogP contribution is 2.39. The fourth-order valence-corrected chi connectivity index (χ4v) is 6.04. The number of rotatable bonds is 7. The first-order chi connectivity index (χ1) is 17.1. The highest BCUT2D eigenvalue weighted by atomic mass is 32.1. The molecule has 0 spiro atoms. The summed E-state index contributed by atoms with van der Waals surface area (Å²) >= 11 is 1.53. The van der Waals surface area contributed by atoms with Crippen LogP contribution in [0.3, 0.4) is 0 Å². The summed E-state index contributed by atoms with van der Waals surface area (Å²) in [5.41, 5.74) is 3.17. The average molecular weight is 512 g/mol. The average Bonchev–Trinajstić information content (AvgIpc) is 3.54. The van der Waals surface area contributed by atoms with Gasteiger partial charge in [0.2, 0.25) is 11.9 Å². The van der Waals surface area contributed by atoms with E-state index in [0.717, 1.165) is 32.2 Å². The van der Waals surface area contributed by atoms with Crippen LogP contribution in [0.4, 0.5) is 11.8 Å². The monoisotopic (exact) mass is 511 g/mol. The van der Waals surface area contributed by atoms with Gasteiger partial charge in [-0.05, 0) is 52.0 Å². The molecule has 192 valence electrons. The van der Waals surface area contributed by atoms with Crippen LogP contribution in [-0.4, -0.2) is 79.3 Å². The van der Waals surface area contributed by atoms with Crippen LogP contribution in [0.5, 0.6) is 0 Å². The van der Waals surface area contributed by atoms with E-state index in [1.165, 1.54) is 29.1 Å². The molecule has 0 unspecified atom stereocenters. The minimum Gasteiger partial charge on any atom is -0.390 e. The molecule has 1 amide bonds. The van der Waals surface area contributed by atoms with E-state index in [9.17, 15) is 15.0 Å². The Bertz CT molecular complexity index is 1290. The summed E-state index contributed by atoms with van der Waals surface area (Å²) in [7, 11) is 3.30. The van der Waals surface area contributed by atoms with E-state index >= 15 is 0 Å². The number of hydrogen-bond donors (Lipinski definition) is 4. The molecule has 3 heterocycles. The molecule has 36 heavy (non-hydrogen) atoms. The van der Waals surface area contributed by atoms with Crippen LogP contribution in [0.2, 0.25) is 0 Å². The highest BCUT2D eigenvalue weighted by Gasteiger charge is 2.46. The molecule has 4 N–H and O–H groups in total. The summed E-state index contributed by atoms with van der Waals surface area (Å²) in [6.07, 6.45) is 2.17. The zero-order valence-electron chi connectivity index (χ0n) is 21.2. The number of hydrogen-bond acceptors (Lipinski definition) is 10. The lowest BCUT2D eigenvalue weighted by molar-refractivity contribution is -0.136. The summed E-state index contributed by atoms with van der Waals surface area (Å²) in [5, 5.41) is 29.0. The molecule has 2 aliphatic carbocycles. The summed E-state index contributed by atoms with van der Waals surface area (Å²) < 4.78 is 1.01. The van der Waals surface area contributed by atoms with E-state index < -0.39 is 24.2 Å². The standard InChI is InChI=1S/C25H33N7O3S/c1-11(14-6-7-14)27-25-28-12(2)18(23-30-19-13(3)26-9-8-17(19)36-23)22(31-25)29-16-10-15(20(33)21(16)34)24(35)32(4)5/h8-9,11,14-16,20-21,33-34H,6-7,10H2,1-5H3,(H2,27,28,29,31)/t11-,15+,16-,20-,21+/m1/s1. The second-order valence-corrected chi connectivity index (χ2v) is 11.2. The summed E-state index contributed by atoms with van der Waals surface area (Å²) in [6, 6.07) is 1.63. The molecule has 2 saturated carbocycles. The quantitative estimate of drug-likeness (QED) is 0.377. The topological polar surface area (TPSA) is 136 Å².